The van der Waals surface area contributed by atoms with Crippen molar-refractivity contribution in [3.63, 3.8) is 0 Å². The summed E-state index contributed by atoms with van der Waals surface area (Å²) in [6.45, 7) is 0. The van der Waals surface area contributed by atoms with Gasteiger partial charge in [0.05, 0.1) is 0 Å². The van der Waals surface area contributed by atoms with Crippen molar-refractivity contribution in [3.8, 4) is 89.0 Å². The summed E-state index contributed by atoms with van der Waals surface area (Å²) >= 11 is 0. The van der Waals surface area contributed by atoms with Gasteiger partial charge in [0.15, 0.2) is 0 Å². The molecule has 334 valence electrons. The Kier molecular flexibility index (Phi) is 9.96. The third-order valence-electron chi connectivity index (χ3n) is 15.1. The lowest BCUT2D eigenvalue weighted by atomic mass is 9.81. The lowest BCUT2D eigenvalue weighted by molar-refractivity contribution is 1.59. The first-order valence-electron chi connectivity index (χ1n) is 25.0. The fourth-order valence-corrected chi connectivity index (χ4v) is 11.5. The molecule has 0 atom stereocenters. The van der Waals surface area contributed by atoms with Gasteiger partial charge in [0, 0.05) is 0 Å². The van der Waals surface area contributed by atoms with E-state index in [2.05, 4.69) is 279 Å². The highest BCUT2D eigenvalue weighted by molar-refractivity contribution is 6.32. The van der Waals surface area contributed by atoms with Gasteiger partial charge in [-0.3, -0.25) is 0 Å². The average Bonchev–Trinajstić information content (AvgIpc) is 3.47. The molecule has 0 aromatic heterocycles. The smallest absolute Gasteiger partial charge is 0.00139 e. The summed E-state index contributed by atoms with van der Waals surface area (Å²) in [5.74, 6) is 0. The third kappa shape index (κ3) is 7.07. The Morgan fingerprint density at radius 1 is 0.139 bits per heavy atom. The summed E-state index contributed by atoms with van der Waals surface area (Å²) in [6, 6.07) is 103. The summed E-state index contributed by atoms with van der Waals surface area (Å²) in [5, 5.41) is 12.6. The molecule has 0 heteroatoms. The van der Waals surface area contributed by atoms with Gasteiger partial charge in [-0.2, -0.15) is 0 Å². The molecule has 14 aromatic carbocycles. The van der Waals surface area contributed by atoms with Gasteiger partial charge in [-0.05, 0) is 155 Å². The largest absolute Gasteiger partial charge is 0.0622 e. The van der Waals surface area contributed by atoms with Gasteiger partial charge in [0.25, 0.3) is 0 Å². The SMILES string of the molecule is c1ccc(-c2ccc(-c3cc(-c4ccc(-c5cccc6ccccc56)cc4)c4ccc5c(-c6ccc(-c7ccccc7)cc6)cc(-c6ccc(-c7cccc8ccccc78)cc6)c6ccc3c4c56)cc2)cc1. The molecule has 0 radical (unpaired) electrons. The van der Waals surface area contributed by atoms with Gasteiger partial charge in [0.2, 0.25) is 0 Å². The second-order valence-corrected chi connectivity index (χ2v) is 19.1. The van der Waals surface area contributed by atoms with E-state index in [1.54, 1.807) is 0 Å². The van der Waals surface area contributed by atoms with Crippen molar-refractivity contribution >= 4 is 53.9 Å². The van der Waals surface area contributed by atoms with Gasteiger partial charge >= 0.3 is 0 Å². The fourth-order valence-electron chi connectivity index (χ4n) is 11.5. The number of fused-ring (bicyclic) bond motifs is 2. The van der Waals surface area contributed by atoms with E-state index in [0.717, 1.165) is 0 Å². The molecular formula is C72H46. The number of hydrogen-bond donors (Lipinski definition) is 0. The van der Waals surface area contributed by atoms with E-state index >= 15 is 0 Å². The minimum absolute atomic E-state index is 1.19. The second-order valence-electron chi connectivity index (χ2n) is 19.1. The molecule has 0 fully saturated rings. The highest BCUT2D eigenvalue weighted by Gasteiger charge is 2.22. The van der Waals surface area contributed by atoms with E-state index in [4.69, 9.17) is 0 Å². The standard InChI is InChI=1S/C72H46/c1-3-13-47(14-4-1)49-25-29-55(30-26-49)67-45-69(57-37-33-53(34-38-57)61-23-11-19-51-17-7-9-21-59(51)61)65-44-42-64-68(56-31-27-50(28-32-56)48-15-5-2-6-16-48)46-70(66-43-41-63(67)71(65)72(64)66)58-39-35-54(36-40-58)62-24-12-20-52-18-8-10-22-60(52)62/h1-46H. The summed E-state index contributed by atoms with van der Waals surface area (Å²) in [7, 11) is 0. The van der Waals surface area contributed by atoms with Crippen LogP contribution in [0.1, 0.15) is 0 Å². The number of hydrogen-bond acceptors (Lipinski definition) is 0. The predicted molar refractivity (Wildman–Crippen MR) is 309 cm³/mol. The quantitative estimate of drug-likeness (QED) is 0.133. The molecule has 0 aliphatic heterocycles. The normalized spacial score (nSPS) is 11.6. The van der Waals surface area contributed by atoms with Crippen molar-refractivity contribution < 1.29 is 0 Å². The Morgan fingerprint density at radius 2 is 0.389 bits per heavy atom. The highest BCUT2D eigenvalue weighted by atomic mass is 14.2. The average molecular weight is 911 g/mol. The molecule has 0 heterocycles. The van der Waals surface area contributed by atoms with Gasteiger partial charge in [0.1, 0.15) is 0 Å². The van der Waals surface area contributed by atoms with Crippen LogP contribution in [0.5, 0.6) is 0 Å². The monoisotopic (exact) mass is 910 g/mol. The molecule has 0 nitrogen and oxygen atoms in total. The summed E-state index contributed by atoms with van der Waals surface area (Å²) in [6.07, 6.45) is 0. The Labute approximate surface area is 419 Å². The first-order chi connectivity index (χ1) is 35.7. The van der Waals surface area contributed by atoms with Crippen molar-refractivity contribution in [2.75, 3.05) is 0 Å². The Bertz CT molecular complexity index is 4010. The van der Waals surface area contributed by atoms with Crippen LogP contribution in [0, 0.1) is 0 Å². The summed E-state index contributed by atoms with van der Waals surface area (Å²) < 4.78 is 0. The minimum Gasteiger partial charge on any atom is -0.0622 e. The van der Waals surface area contributed by atoms with E-state index in [9.17, 15) is 0 Å². The van der Waals surface area contributed by atoms with E-state index in [1.165, 1.54) is 143 Å². The van der Waals surface area contributed by atoms with E-state index in [-0.39, 0.29) is 0 Å². The Hall–Kier alpha value is -9.36. The third-order valence-corrected chi connectivity index (χ3v) is 15.1. The van der Waals surface area contributed by atoms with E-state index < -0.39 is 0 Å². The molecule has 0 saturated carbocycles. The zero-order chi connectivity index (χ0) is 47.5. The van der Waals surface area contributed by atoms with Crippen LogP contribution < -0.4 is 0 Å². The van der Waals surface area contributed by atoms with Crippen LogP contribution in [0.3, 0.4) is 0 Å². The van der Waals surface area contributed by atoms with Gasteiger partial charge < -0.3 is 0 Å². The van der Waals surface area contributed by atoms with Crippen molar-refractivity contribution in [1.29, 1.82) is 0 Å². The van der Waals surface area contributed by atoms with Crippen LogP contribution in [0.25, 0.3) is 143 Å². The molecule has 72 heavy (non-hydrogen) atoms. The van der Waals surface area contributed by atoms with E-state index in [0.29, 0.717) is 0 Å². The van der Waals surface area contributed by atoms with Crippen LogP contribution in [-0.4, -0.2) is 0 Å². The van der Waals surface area contributed by atoms with Crippen molar-refractivity contribution in [3.05, 3.63) is 279 Å². The van der Waals surface area contributed by atoms with Crippen LogP contribution in [0.4, 0.5) is 0 Å². The molecule has 0 aliphatic carbocycles. The van der Waals surface area contributed by atoms with Crippen molar-refractivity contribution in [2.24, 2.45) is 0 Å². The highest BCUT2D eigenvalue weighted by Crippen LogP contribution is 2.49. The first-order valence-corrected chi connectivity index (χ1v) is 25.0. The van der Waals surface area contributed by atoms with Crippen LogP contribution >= 0.6 is 0 Å². The second kappa shape index (κ2) is 17.2. The van der Waals surface area contributed by atoms with Crippen molar-refractivity contribution in [1.82, 2.24) is 0 Å². The molecule has 0 spiro atoms. The molecule has 14 rings (SSSR count). The first kappa shape index (κ1) is 41.6. The van der Waals surface area contributed by atoms with Gasteiger partial charge in [-0.15, -0.1) is 0 Å². The minimum atomic E-state index is 1.19. The molecule has 0 aliphatic rings. The van der Waals surface area contributed by atoms with Gasteiger partial charge in [-0.25, -0.2) is 0 Å². The molecule has 0 amide bonds. The van der Waals surface area contributed by atoms with Crippen LogP contribution in [0.2, 0.25) is 0 Å². The maximum Gasteiger partial charge on any atom is -0.00139 e. The molecule has 0 unspecified atom stereocenters. The summed E-state index contributed by atoms with van der Waals surface area (Å²) in [5.41, 5.74) is 19.4. The zero-order valence-electron chi connectivity index (χ0n) is 39.6. The molecule has 0 N–H and O–H groups in total. The summed E-state index contributed by atoms with van der Waals surface area (Å²) in [4.78, 5) is 0. The lowest BCUT2D eigenvalue weighted by Crippen LogP contribution is -1.94. The fraction of sp³-hybridized carbons (Fsp3) is 0. The maximum atomic E-state index is 2.45. The molecule has 0 bridgehead atoms. The Morgan fingerprint density at radius 3 is 0.722 bits per heavy atom. The van der Waals surface area contributed by atoms with Crippen LogP contribution in [0.15, 0.2) is 279 Å². The lowest BCUT2D eigenvalue weighted by Gasteiger charge is -2.22. The number of rotatable bonds is 8. The number of benzene rings is 14. The predicted octanol–water partition coefficient (Wildman–Crippen LogP) is 20.2. The molecular weight excluding hydrogens is 865 g/mol. The van der Waals surface area contributed by atoms with Crippen molar-refractivity contribution in [2.45, 2.75) is 0 Å². The maximum absolute atomic E-state index is 2.45. The molecule has 0 saturated heterocycles. The van der Waals surface area contributed by atoms with Gasteiger partial charge in [-0.1, -0.05) is 267 Å². The van der Waals surface area contributed by atoms with E-state index in [1.807, 2.05) is 0 Å². The molecule has 14 aromatic rings. The van der Waals surface area contributed by atoms with Crippen LogP contribution in [-0.2, 0) is 0 Å². The topological polar surface area (TPSA) is 0 Å². The zero-order valence-corrected chi connectivity index (χ0v) is 39.6. The Balaban J connectivity index is 1.01.